The van der Waals surface area contributed by atoms with Crippen LogP contribution in [0.3, 0.4) is 0 Å². The number of rotatable bonds is 11. The molecule has 6 rings (SSSR count). The molecule has 0 unspecified atom stereocenters. The van der Waals surface area contributed by atoms with Crippen LogP contribution in [-0.4, -0.2) is 57.3 Å². The number of carbonyl (C=O) groups is 2. The summed E-state index contributed by atoms with van der Waals surface area (Å²) in [6.45, 7) is -0.182. The van der Waals surface area contributed by atoms with Crippen molar-refractivity contribution in [3.05, 3.63) is 119 Å². The van der Waals surface area contributed by atoms with Gasteiger partial charge in [-0.3, -0.25) is 14.2 Å². The predicted molar refractivity (Wildman–Crippen MR) is 174 cm³/mol. The number of nitrogens with zero attached hydrogens (tertiary/aromatic N) is 5. The Hall–Kier alpha value is -5.57. The number of benzene rings is 3. The number of hydrazone groups is 1. The lowest BCUT2D eigenvalue weighted by Gasteiger charge is -2.22. The molecule has 0 saturated carbocycles. The highest BCUT2D eigenvalue weighted by molar-refractivity contribution is 7.99. The van der Waals surface area contributed by atoms with E-state index in [9.17, 15) is 22.8 Å². The van der Waals surface area contributed by atoms with Crippen LogP contribution in [0.5, 0.6) is 11.5 Å². The highest BCUT2D eigenvalue weighted by Crippen LogP contribution is 2.36. The molecule has 11 nitrogen and oxygen atoms in total. The molecule has 0 spiro atoms. The minimum absolute atomic E-state index is 0.0527. The summed E-state index contributed by atoms with van der Waals surface area (Å²) in [4.78, 5) is 26.4. The van der Waals surface area contributed by atoms with Crippen LogP contribution < -0.4 is 14.8 Å². The maximum atomic E-state index is 13.9. The van der Waals surface area contributed by atoms with Crippen molar-refractivity contribution in [2.45, 2.75) is 30.3 Å². The Bertz CT molecular complexity index is 1960. The summed E-state index contributed by atoms with van der Waals surface area (Å²) in [5.74, 6) is 0.475. The van der Waals surface area contributed by atoms with Gasteiger partial charge in [0.25, 0.3) is 11.8 Å². The van der Waals surface area contributed by atoms with Crippen molar-refractivity contribution in [1.82, 2.24) is 25.1 Å². The minimum Gasteiger partial charge on any atom is -0.497 e. The van der Waals surface area contributed by atoms with Crippen LogP contribution in [0.15, 0.2) is 106 Å². The first-order valence-corrected chi connectivity index (χ1v) is 15.9. The van der Waals surface area contributed by atoms with Crippen LogP contribution in [0.4, 0.5) is 13.2 Å². The van der Waals surface area contributed by atoms with Gasteiger partial charge in [-0.05, 0) is 77.9 Å². The fraction of sp³-hybridized carbons (Fsp3) is 0.206. The number of aromatic nitrogens is 3. The Balaban J connectivity index is 1.28. The number of carbonyl (C=O) groups excluding carboxylic acids is 2. The molecule has 5 aromatic rings. The molecule has 2 amide bonds. The van der Waals surface area contributed by atoms with Gasteiger partial charge in [0.05, 0.1) is 55.8 Å². The van der Waals surface area contributed by atoms with Crippen LogP contribution in [0.2, 0.25) is 0 Å². The smallest absolute Gasteiger partial charge is 0.416 e. The summed E-state index contributed by atoms with van der Waals surface area (Å²) in [5.41, 5.74) is 1.59. The van der Waals surface area contributed by atoms with Gasteiger partial charge in [0.1, 0.15) is 11.5 Å². The molecule has 2 aromatic heterocycles. The standard InChI is InChI=1S/C34H29F3N6O5S/c1-46-25-12-8-21(9-13-25)27-18-28(22-10-14-26(47-2)15-11-22)43(41-27)31(44)20-49-33-40-39-30(19-38-32(45)29-7-4-16-48-29)42(33)24-6-3-5-23(17-24)34(35,36)37/h3-17,28H,18-20H2,1-2H3,(H,38,45)/t28-/m0/s1. The van der Waals surface area contributed by atoms with E-state index in [1.807, 2.05) is 48.5 Å². The molecule has 49 heavy (non-hydrogen) atoms. The monoisotopic (exact) mass is 690 g/mol. The van der Waals surface area contributed by atoms with E-state index in [1.54, 1.807) is 20.3 Å². The first-order chi connectivity index (χ1) is 23.6. The second-order valence-corrected chi connectivity index (χ2v) is 11.7. The molecule has 0 radical (unpaired) electrons. The van der Waals surface area contributed by atoms with Gasteiger partial charge >= 0.3 is 6.18 Å². The average molecular weight is 691 g/mol. The number of halogens is 3. The number of alkyl halides is 3. The maximum absolute atomic E-state index is 13.9. The lowest BCUT2D eigenvalue weighted by molar-refractivity contribution is -0.137. The number of hydrogen-bond donors (Lipinski definition) is 1. The second kappa shape index (κ2) is 14.3. The van der Waals surface area contributed by atoms with E-state index < -0.39 is 23.7 Å². The van der Waals surface area contributed by atoms with Crippen LogP contribution >= 0.6 is 11.8 Å². The van der Waals surface area contributed by atoms with Crippen molar-refractivity contribution in [3.8, 4) is 17.2 Å². The van der Waals surface area contributed by atoms with E-state index in [0.717, 1.165) is 35.0 Å². The first kappa shape index (κ1) is 33.3. The van der Waals surface area contributed by atoms with Gasteiger partial charge in [-0.15, -0.1) is 10.2 Å². The van der Waals surface area contributed by atoms with Gasteiger partial charge in [0.2, 0.25) is 0 Å². The van der Waals surface area contributed by atoms with Crippen molar-refractivity contribution >= 4 is 29.3 Å². The Morgan fingerprint density at radius 3 is 2.33 bits per heavy atom. The predicted octanol–water partition coefficient (Wildman–Crippen LogP) is 6.30. The molecule has 1 N–H and O–H groups in total. The highest BCUT2D eigenvalue weighted by atomic mass is 32.2. The summed E-state index contributed by atoms with van der Waals surface area (Å²) in [5, 5.41) is 17.3. The number of nitrogens with one attached hydrogen (secondary N) is 1. The van der Waals surface area contributed by atoms with Crippen LogP contribution in [0.25, 0.3) is 5.69 Å². The normalized spacial score (nSPS) is 14.4. The number of methoxy groups -OCH3 is 2. The molecule has 3 heterocycles. The molecule has 15 heteroatoms. The second-order valence-electron chi connectivity index (χ2n) is 10.7. The van der Waals surface area contributed by atoms with Crippen molar-refractivity contribution in [1.29, 1.82) is 0 Å². The van der Waals surface area contributed by atoms with Gasteiger partial charge in [-0.25, -0.2) is 5.01 Å². The highest BCUT2D eigenvalue weighted by Gasteiger charge is 2.34. The summed E-state index contributed by atoms with van der Waals surface area (Å²) < 4.78 is 58.1. The lowest BCUT2D eigenvalue weighted by Crippen LogP contribution is -2.28. The van der Waals surface area contributed by atoms with Crippen LogP contribution in [0, 0.1) is 0 Å². The van der Waals surface area contributed by atoms with E-state index in [-0.39, 0.29) is 40.6 Å². The lowest BCUT2D eigenvalue weighted by atomic mass is 9.98. The van der Waals surface area contributed by atoms with Gasteiger partial charge < -0.3 is 19.2 Å². The average Bonchev–Trinajstić information content (AvgIpc) is 3.90. The SMILES string of the molecule is COc1ccc(C2=NN(C(=O)CSc3nnc(CNC(=O)c4ccco4)n3-c3cccc(C(F)(F)F)c3)[C@H](c3ccc(OC)cc3)C2)cc1. The molecule has 0 saturated heterocycles. The fourth-order valence-electron chi connectivity index (χ4n) is 5.22. The van der Waals surface area contributed by atoms with E-state index in [0.29, 0.717) is 23.6 Å². The molecule has 1 atom stereocenters. The van der Waals surface area contributed by atoms with E-state index in [1.165, 1.54) is 34.0 Å². The van der Waals surface area contributed by atoms with Crippen molar-refractivity contribution < 1.29 is 36.7 Å². The van der Waals surface area contributed by atoms with Crippen molar-refractivity contribution in [2.24, 2.45) is 5.10 Å². The molecular weight excluding hydrogens is 661 g/mol. The molecule has 0 aliphatic carbocycles. The number of furan rings is 1. The molecule has 0 fully saturated rings. The summed E-state index contributed by atoms with van der Waals surface area (Å²) in [6.07, 6.45) is -2.82. The van der Waals surface area contributed by atoms with E-state index >= 15 is 0 Å². The third-order valence-corrected chi connectivity index (χ3v) is 8.61. The zero-order valence-electron chi connectivity index (χ0n) is 26.2. The largest absolute Gasteiger partial charge is 0.497 e. The van der Waals surface area contributed by atoms with Crippen LogP contribution in [0.1, 0.15) is 45.5 Å². The zero-order chi connectivity index (χ0) is 34.5. The Labute approximate surface area is 282 Å². The molecule has 3 aromatic carbocycles. The third kappa shape index (κ3) is 7.46. The molecule has 252 valence electrons. The van der Waals surface area contributed by atoms with E-state index in [4.69, 9.17) is 19.0 Å². The summed E-state index contributed by atoms with van der Waals surface area (Å²) in [7, 11) is 3.15. The quantitative estimate of drug-likeness (QED) is 0.160. The van der Waals surface area contributed by atoms with Crippen molar-refractivity contribution in [2.75, 3.05) is 20.0 Å². The number of amides is 2. The molecule has 1 aliphatic rings. The van der Waals surface area contributed by atoms with Gasteiger partial charge in [-0.2, -0.15) is 18.3 Å². The first-order valence-electron chi connectivity index (χ1n) is 14.9. The molecule has 1 aliphatic heterocycles. The van der Waals surface area contributed by atoms with Gasteiger partial charge in [0, 0.05) is 6.42 Å². The minimum atomic E-state index is -4.60. The zero-order valence-corrected chi connectivity index (χ0v) is 27.0. The van der Waals surface area contributed by atoms with E-state index in [2.05, 4.69) is 15.5 Å². The molecular formula is C34H29F3N6O5S. The van der Waals surface area contributed by atoms with Crippen molar-refractivity contribution in [3.63, 3.8) is 0 Å². The number of thioether (sulfide) groups is 1. The van der Waals surface area contributed by atoms with Crippen LogP contribution in [-0.2, 0) is 17.5 Å². The maximum Gasteiger partial charge on any atom is 0.416 e. The molecule has 0 bridgehead atoms. The van der Waals surface area contributed by atoms with Gasteiger partial charge in [-0.1, -0.05) is 30.0 Å². The number of ether oxygens (including phenoxy) is 2. The number of hydrogen-bond acceptors (Lipinski definition) is 9. The Morgan fingerprint density at radius 2 is 1.67 bits per heavy atom. The van der Waals surface area contributed by atoms with Gasteiger partial charge in [0.15, 0.2) is 16.7 Å². The third-order valence-electron chi connectivity index (χ3n) is 7.70. The Kier molecular flexibility index (Phi) is 9.71. The summed E-state index contributed by atoms with van der Waals surface area (Å²) >= 11 is 0.988. The topological polar surface area (TPSA) is 124 Å². The fourth-order valence-corrected chi connectivity index (χ4v) is 6.04. The Morgan fingerprint density at radius 1 is 0.959 bits per heavy atom. The summed E-state index contributed by atoms with van der Waals surface area (Å²) in [6, 6.07) is 22.0.